The predicted octanol–water partition coefficient (Wildman–Crippen LogP) is 2.68. The summed E-state index contributed by atoms with van der Waals surface area (Å²) in [6, 6.07) is 7.84. The molecule has 106 valence electrons. The number of nitrogens with zero attached hydrogens (tertiary/aromatic N) is 2. The van der Waals surface area contributed by atoms with E-state index in [0.717, 1.165) is 37.2 Å². The minimum Gasteiger partial charge on any atom is -0.383 e. The molecule has 4 heteroatoms. The highest BCUT2D eigenvalue weighted by Crippen LogP contribution is 2.17. The lowest BCUT2D eigenvalue weighted by molar-refractivity contribution is -0.131. The van der Waals surface area contributed by atoms with Gasteiger partial charge >= 0.3 is 0 Å². The summed E-state index contributed by atoms with van der Waals surface area (Å²) in [6.07, 6.45) is 3.96. The summed E-state index contributed by atoms with van der Waals surface area (Å²) in [7, 11) is 0. The summed E-state index contributed by atoms with van der Waals surface area (Å²) < 4.78 is 0. The number of anilines is 1. The molecule has 1 N–H and O–H groups in total. The normalized spacial score (nSPS) is 14.7. The molecule has 1 aliphatic heterocycles. The van der Waals surface area contributed by atoms with Crippen LogP contribution in [0, 0.1) is 18.3 Å². The van der Waals surface area contributed by atoms with Crippen molar-refractivity contribution in [3.8, 4) is 6.07 Å². The van der Waals surface area contributed by atoms with E-state index in [1.807, 2.05) is 30.0 Å². The van der Waals surface area contributed by atoms with Crippen LogP contribution >= 0.6 is 0 Å². The van der Waals surface area contributed by atoms with Gasteiger partial charge in [-0.15, -0.1) is 0 Å². The number of nitriles is 1. The Kier molecular flexibility index (Phi) is 5.00. The molecule has 1 saturated heterocycles. The van der Waals surface area contributed by atoms with Crippen molar-refractivity contribution in [2.45, 2.75) is 32.6 Å². The Morgan fingerprint density at radius 3 is 2.80 bits per heavy atom. The lowest BCUT2D eigenvalue weighted by Crippen LogP contribution is -2.36. The molecule has 0 spiro atoms. The molecule has 0 saturated carbocycles. The molecule has 1 fully saturated rings. The van der Waals surface area contributed by atoms with E-state index in [4.69, 9.17) is 5.26 Å². The second-order valence-electron chi connectivity index (χ2n) is 5.28. The minimum atomic E-state index is 0.211. The minimum absolute atomic E-state index is 0.211. The fraction of sp³-hybridized carbons (Fsp3) is 0.500. The zero-order chi connectivity index (χ0) is 14.4. The van der Waals surface area contributed by atoms with Crippen LogP contribution in [0.4, 0.5) is 5.69 Å². The standard InChI is InChI=1S/C16H21N3O/c1-13-5-6-14(12-17)15(11-13)18-8-7-16(20)19-9-3-2-4-10-19/h5-6,11,18H,2-4,7-10H2,1H3. The van der Waals surface area contributed by atoms with E-state index in [1.165, 1.54) is 6.42 Å². The van der Waals surface area contributed by atoms with E-state index in [-0.39, 0.29) is 5.91 Å². The Bertz CT molecular complexity index is 513. The van der Waals surface area contributed by atoms with Crippen molar-refractivity contribution >= 4 is 11.6 Å². The van der Waals surface area contributed by atoms with Crippen molar-refractivity contribution in [2.24, 2.45) is 0 Å². The SMILES string of the molecule is Cc1ccc(C#N)c(NCCC(=O)N2CCCCC2)c1. The number of hydrogen-bond acceptors (Lipinski definition) is 3. The molecule has 1 amide bonds. The van der Waals surface area contributed by atoms with Crippen LogP contribution in [0.25, 0.3) is 0 Å². The second kappa shape index (κ2) is 6.95. The first-order valence-electron chi connectivity index (χ1n) is 7.23. The zero-order valence-electron chi connectivity index (χ0n) is 12.0. The van der Waals surface area contributed by atoms with Gasteiger partial charge in [0.1, 0.15) is 6.07 Å². The Morgan fingerprint density at radius 2 is 2.10 bits per heavy atom. The Balaban J connectivity index is 1.85. The van der Waals surface area contributed by atoms with Crippen LogP contribution in [0.5, 0.6) is 0 Å². The average Bonchev–Trinajstić information content (AvgIpc) is 2.48. The lowest BCUT2D eigenvalue weighted by atomic mass is 10.1. The third kappa shape index (κ3) is 3.74. The molecule has 0 aliphatic carbocycles. The maximum atomic E-state index is 12.0. The summed E-state index contributed by atoms with van der Waals surface area (Å²) >= 11 is 0. The first-order valence-corrected chi connectivity index (χ1v) is 7.23. The third-order valence-electron chi connectivity index (χ3n) is 3.66. The molecule has 2 rings (SSSR count). The first kappa shape index (κ1) is 14.4. The van der Waals surface area contributed by atoms with Crippen LogP contribution in [-0.2, 0) is 4.79 Å². The highest BCUT2D eigenvalue weighted by molar-refractivity contribution is 5.77. The van der Waals surface area contributed by atoms with Crippen LogP contribution in [0.15, 0.2) is 18.2 Å². The molecule has 20 heavy (non-hydrogen) atoms. The number of piperidine rings is 1. The number of benzene rings is 1. The lowest BCUT2D eigenvalue weighted by Gasteiger charge is -2.26. The highest BCUT2D eigenvalue weighted by atomic mass is 16.2. The number of carbonyl (C=O) groups is 1. The van der Waals surface area contributed by atoms with Crippen molar-refractivity contribution in [3.05, 3.63) is 29.3 Å². The van der Waals surface area contributed by atoms with Crippen molar-refractivity contribution in [3.63, 3.8) is 0 Å². The molecular formula is C16H21N3O. The van der Waals surface area contributed by atoms with E-state index < -0.39 is 0 Å². The first-order chi connectivity index (χ1) is 9.70. The molecule has 0 aromatic heterocycles. The summed E-state index contributed by atoms with van der Waals surface area (Å²) in [6.45, 7) is 4.36. The molecule has 0 bridgehead atoms. The van der Waals surface area contributed by atoms with Gasteiger partial charge in [0.25, 0.3) is 0 Å². The summed E-state index contributed by atoms with van der Waals surface area (Å²) in [5.41, 5.74) is 2.55. The fourth-order valence-corrected chi connectivity index (χ4v) is 2.51. The summed E-state index contributed by atoms with van der Waals surface area (Å²) in [5.74, 6) is 0.211. The van der Waals surface area contributed by atoms with Crippen LogP contribution in [0.3, 0.4) is 0 Å². The molecular weight excluding hydrogens is 250 g/mol. The van der Waals surface area contributed by atoms with E-state index >= 15 is 0 Å². The molecule has 1 heterocycles. The number of carbonyl (C=O) groups excluding carboxylic acids is 1. The van der Waals surface area contributed by atoms with Gasteiger partial charge in [-0.05, 0) is 43.9 Å². The smallest absolute Gasteiger partial charge is 0.224 e. The van der Waals surface area contributed by atoms with E-state index in [9.17, 15) is 4.79 Å². The predicted molar refractivity (Wildman–Crippen MR) is 79.4 cm³/mol. The summed E-state index contributed by atoms with van der Waals surface area (Å²) in [5, 5.41) is 12.3. The van der Waals surface area contributed by atoms with Gasteiger partial charge in [0.05, 0.1) is 11.3 Å². The van der Waals surface area contributed by atoms with E-state index in [1.54, 1.807) is 0 Å². The van der Waals surface area contributed by atoms with Gasteiger partial charge in [0.2, 0.25) is 5.91 Å². The van der Waals surface area contributed by atoms with Crippen molar-refractivity contribution in [2.75, 3.05) is 25.0 Å². The quantitative estimate of drug-likeness (QED) is 0.916. The molecule has 0 atom stereocenters. The number of hydrogen-bond donors (Lipinski definition) is 1. The monoisotopic (exact) mass is 271 g/mol. The zero-order valence-corrected chi connectivity index (χ0v) is 12.0. The molecule has 0 unspecified atom stereocenters. The number of likely N-dealkylation sites (tertiary alicyclic amines) is 1. The topological polar surface area (TPSA) is 56.1 Å². The maximum Gasteiger partial charge on any atom is 0.224 e. The third-order valence-corrected chi connectivity index (χ3v) is 3.66. The van der Waals surface area contributed by atoms with Gasteiger partial charge in [-0.25, -0.2) is 0 Å². The van der Waals surface area contributed by atoms with Crippen molar-refractivity contribution < 1.29 is 4.79 Å². The largest absolute Gasteiger partial charge is 0.383 e. The Labute approximate surface area is 120 Å². The van der Waals surface area contributed by atoms with Crippen LogP contribution in [0.1, 0.15) is 36.8 Å². The van der Waals surface area contributed by atoms with Gasteiger partial charge in [0.15, 0.2) is 0 Å². The van der Waals surface area contributed by atoms with Crippen molar-refractivity contribution in [1.29, 1.82) is 5.26 Å². The van der Waals surface area contributed by atoms with Crippen molar-refractivity contribution in [1.82, 2.24) is 4.90 Å². The van der Waals surface area contributed by atoms with E-state index in [0.29, 0.717) is 18.5 Å². The number of nitrogens with one attached hydrogen (secondary N) is 1. The Hall–Kier alpha value is -2.02. The molecule has 4 nitrogen and oxygen atoms in total. The Morgan fingerprint density at radius 1 is 1.35 bits per heavy atom. The number of aryl methyl sites for hydroxylation is 1. The summed E-state index contributed by atoms with van der Waals surface area (Å²) in [4.78, 5) is 14.0. The average molecular weight is 271 g/mol. The van der Waals surface area contributed by atoms with E-state index in [2.05, 4.69) is 11.4 Å². The van der Waals surface area contributed by atoms with Crippen LogP contribution in [0.2, 0.25) is 0 Å². The van der Waals surface area contributed by atoms with Crippen LogP contribution < -0.4 is 5.32 Å². The highest BCUT2D eigenvalue weighted by Gasteiger charge is 2.15. The van der Waals surface area contributed by atoms with Gasteiger partial charge in [0, 0.05) is 26.1 Å². The van der Waals surface area contributed by atoms with Gasteiger partial charge in [-0.3, -0.25) is 4.79 Å². The molecule has 0 radical (unpaired) electrons. The molecule has 1 aromatic rings. The molecule has 1 aromatic carbocycles. The maximum absolute atomic E-state index is 12.0. The fourth-order valence-electron chi connectivity index (χ4n) is 2.51. The van der Waals surface area contributed by atoms with Gasteiger partial charge < -0.3 is 10.2 Å². The second-order valence-corrected chi connectivity index (χ2v) is 5.28. The molecule has 1 aliphatic rings. The number of amides is 1. The van der Waals surface area contributed by atoms with Crippen LogP contribution in [-0.4, -0.2) is 30.4 Å². The number of rotatable bonds is 4. The van der Waals surface area contributed by atoms with Gasteiger partial charge in [-0.2, -0.15) is 5.26 Å². The van der Waals surface area contributed by atoms with Gasteiger partial charge in [-0.1, -0.05) is 6.07 Å².